The number of aryl methyl sites for hydroxylation is 1. The van der Waals surface area contributed by atoms with E-state index in [2.05, 4.69) is 11.2 Å². The number of aromatic nitrogens is 2. The number of rotatable bonds is 2. The number of hydrogen-bond donors (Lipinski definition) is 0. The highest BCUT2D eigenvalue weighted by atomic mass is 16.6. The van der Waals surface area contributed by atoms with Crippen LogP contribution >= 0.6 is 0 Å². The second kappa shape index (κ2) is 3.35. The summed E-state index contributed by atoms with van der Waals surface area (Å²) in [5.41, 5.74) is 0.482. The van der Waals surface area contributed by atoms with Gasteiger partial charge in [0.2, 0.25) is 0 Å². The Labute approximate surface area is 86.3 Å². The molecule has 0 amide bonds. The number of hydrogen-bond acceptors (Lipinski definition) is 4. The molecule has 78 valence electrons. The van der Waals surface area contributed by atoms with Crippen molar-refractivity contribution in [3.8, 4) is 6.07 Å². The van der Waals surface area contributed by atoms with Crippen molar-refractivity contribution in [3.05, 3.63) is 22.0 Å². The fraction of sp³-hybridized carbons (Fsp3) is 0.556. The summed E-state index contributed by atoms with van der Waals surface area (Å²) in [5.74, 6) is 0.0820. The average Bonchev–Trinajstić information content (AvgIpc) is 2.45. The third-order valence-corrected chi connectivity index (χ3v) is 2.76. The van der Waals surface area contributed by atoms with Crippen LogP contribution in [0.15, 0.2) is 6.20 Å². The van der Waals surface area contributed by atoms with Crippen LogP contribution in [0.1, 0.15) is 24.6 Å². The zero-order valence-corrected chi connectivity index (χ0v) is 8.25. The first-order valence-electron chi connectivity index (χ1n) is 4.71. The maximum absolute atomic E-state index is 10.6. The first-order chi connectivity index (χ1) is 7.11. The van der Waals surface area contributed by atoms with E-state index in [4.69, 9.17) is 5.26 Å². The summed E-state index contributed by atoms with van der Waals surface area (Å²) in [4.78, 5) is 10.2. The van der Waals surface area contributed by atoms with E-state index in [0.29, 0.717) is 5.69 Å². The molecular formula is C9H10N4O2. The van der Waals surface area contributed by atoms with Crippen molar-refractivity contribution in [2.75, 3.05) is 0 Å². The summed E-state index contributed by atoms with van der Waals surface area (Å²) in [7, 11) is 0. The van der Waals surface area contributed by atoms with Crippen LogP contribution < -0.4 is 0 Å². The van der Waals surface area contributed by atoms with Crippen molar-refractivity contribution in [1.29, 1.82) is 5.26 Å². The van der Waals surface area contributed by atoms with Crippen LogP contribution in [0.5, 0.6) is 0 Å². The Bertz CT molecular complexity index is 439. The zero-order chi connectivity index (χ0) is 11.0. The highest BCUT2D eigenvalue weighted by Gasteiger charge is 2.32. The van der Waals surface area contributed by atoms with Crippen molar-refractivity contribution in [1.82, 2.24) is 9.78 Å². The van der Waals surface area contributed by atoms with Gasteiger partial charge in [-0.25, -0.2) is 0 Å². The fourth-order valence-electron chi connectivity index (χ4n) is 1.75. The average molecular weight is 206 g/mol. The molecular weight excluding hydrogens is 196 g/mol. The van der Waals surface area contributed by atoms with Crippen LogP contribution in [0, 0.1) is 34.3 Å². The van der Waals surface area contributed by atoms with E-state index in [1.54, 1.807) is 11.6 Å². The highest BCUT2D eigenvalue weighted by molar-refractivity contribution is 5.31. The van der Waals surface area contributed by atoms with Gasteiger partial charge in [0.15, 0.2) is 0 Å². The number of nitrogens with zero attached hydrogens (tertiary/aromatic N) is 4. The minimum atomic E-state index is -0.431. The minimum absolute atomic E-state index is 0.0513. The molecule has 0 N–H and O–H groups in total. The molecule has 1 aliphatic rings. The molecule has 0 bridgehead atoms. The summed E-state index contributed by atoms with van der Waals surface area (Å²) >= 11 is 0. The van der Waals surface area contributed by atoms with Gasteiger partial charge >= 0.3 is 5.69 Å². The maximum atomic E-state index is 10.6. The summed E-state index contributed by atoms with van der Waals surface area (Å²) in [6, 6.07) is 2.33. The van der Waals surface area contributed by atoms with E-state index < -0.39 is 4.92 Å². The number of nitro groups is 1. The monoisotopic (exact) mass is 206 g/mol. The van der Waals surface area contributed by atoms with Crippen LogP contribution in [-0.2, 0) is 0 Å². The van der Waals surface area contributed by atoms with E-state index in [1.165, 1.54) is 6.20 Å². The van der Waals surface area contributed by atoms with Crippen LogP contribution in [0.3, 0.4) is 0 Å². The molecule has 1 heterocycles. The lowest BCUT2D eigenvalue weighted by molar-refractivity contribution is -0.385. The van der Waals surface area contributed by atoms with Crippen LogP contribution in [0.4, 0.5) is 5.69 Å². The lowest BCUT2D eigenvalue weighted by Gasteiger charge is -2.30. The summed E-state index contributed by atoms with van der Waals surface area (Å²) < 4.78 is 1.61. The van der Waals surface area contributed by atoms with Gasteiger partial charge in [-0.1, -0.05) is 0 Å². The molecule has 1 saturated carbocycles. The topological polar surface area (TPSA) is 84.8 Å². The Morgan fingerprint density at radius 1 is 1.73 bits per heavy atom. The normalized spacial score (nSPS) is 24.3. The molecule has 1 aromatic heterocycles. The van der Waals surface area contributed by atoms with E-state index in [9.17, 15) is 10.1 Å². The standard InChI is InChI=1S/C9H10N4O2/c1-6-9(13(14)15)5-12(11-6)8-2-7(3-8)4-10/h5,7-8H,2-3H2,1H3. The fourth-order valence-corrected chi connectivity index (χ4v) is 1.75. The SMILES string of the molecule is Cc1nn(C2CC(C#N)C2)cc1[N+](=O)[O-]. The Morgan fingerprint density at radius 3 is 2.87 bits per heavy atom. The first-order valence-corrected chi connectivity index (χ1v) is 4.71. The molecule has 0 radical (unpaired) electrons. The summed E-state index contributed by atoms with van der Waals surface area (Å²) in [5, 5.41) is 23.3. The summed E-state index contributed by atoms with van der Waals surface area (Å²) in [6.45, 7) is 1.62. The molecule has 15 heavy (non-hydrogen) atoms. The Balaban J connectivity index is 2.15. The quantitative estimate of drug-likeness (QED) is 0.543. The van der Waals surface area contributed by atoms with E-state index in [0.717, 1.165) is 12.8 Å². The zero-order valence-electron chi connectivity index (χ0n) is 8.25. The summed E-state index contributed by atoms with van der Waals surface area (Å²) in [6.07, 6.45) is 2.94. The van der Waals surface area contributed by atoms with Gasteiger partial charge in [-0.2, -0.15) is 10.4 Å². The van der Waals surface area contributed by atoms with Crippen molar-refractivity contribution in [2.24, 2.45) is 5.92 Å². The highest BCUT2D eigenvalue weighted by Crippen LogP contribution is 2.37. The molecule has 2 rings (SSSR count). The molecule has 0 atom stereocenters. The van der Waals surface area contributed by atoms with Crippen molar-refractivity contribution >= 4 is 5.69 Å². The van der Waals surface area contributed by atoms with Gasteiger partial charge in [-0.3, -0.25) is 14.8 Å². The molecule has 0 unspecified atom stereocenters. The van der Waals surface area contributed by atoms with Gasteiger partial charge in [0, 0.05) is 0 Å². The van der Waals surface area contributed by atoms with Gasteiger partial charge in [-0.05, 0) is 19.8 Å². The van der Waals surface area contributed by atoms with Crippen LogP contribution in [0.25, 0.3) is 0 Å². The maximum Gasteiger partial charge on any atom is 0.309 e. The van der Waals surface area contributed by atoms with E-state index >= 15 is 0 Å². The van der Waals surface area contributed by atoms with Gasteiger partial charge in [0.05, 0.1) is 23.0 Å². The van der Waals surface area contributed by atoms with E-state index in [-0.39, 0.29) is 17.6 Å². The third kappa shape index (κ3) is 1.56. The van der Waals surface area contributed by atoms with Crippen molar-refractivity contribution in [2.45, 2.75) is 25.8 Å². The Morgan fingerprint density at radius 2 is 2.40 bits per heavy atom. The van der Waals surface area contributed by atoms with E-state index in [1.807, 2.05) is 0 Å². The smallest absolute Gasteiger partial charge is 0.262 e. The molecule has 0 spiro atoms. The molecule has 6 nitrogen and oxygen atoms in total. The van der Waals surface area contributed by atoms with Crippen molar-refractivity contribution < 1.29 is 4.92 Å². The van der Waals surface area contributed by atoms with Gasteiger partial charge in [0.1, 0.15) is 11.9 Å². The molecule has 1 aliphatic carbocycles. The Hall–Kier alpha value is -1.90. The second-order valence-electron chi connectivity index (χ2n) is 3.79. The molecule has 0 saturated heterocycles. The molecule has 0 aromatic carbocycles. The molecule has 1 fully saturated rings. The van der Waals surface area contributed by atoms with Gasteiger partial charge < -0.3 is 0 Å². The van der Waals surface area contributed by atoms with Crippen LogP contribution in [-0.4, -0.2) is 14.7 Å². The van der Waals surface area contributed by atoms with Gasteiger partial charge in [0.25, 0.3) is 0 Å². The lowest BCUT2D eigenvalue weighted by atomic mass is 9.81. The molecule has 0 aliphatic heterocycles. The van der Waals surface area contributed by atoms with Gasteiger partial charge in [-0.15, -0.1) is 0 Å². The first kappa shape index (κ1) is 9.65. The number of nitriles is 1. The predicted octanol–water partition coefficient (Wildman–Crippen LogP) is 1.57. The lowest BCUT2D eigenvalue weighted by Crippen LogP contribution is -2.26. The third-order valence-electron chi connectivity index (χ3n) is 2.76. The largest absolute Gasteiger partial charge is 0.309 e. The minimum Gasteiger partial charge on any atom is -0.262 e. The predicted molar refractivity (Wildman–Crippen MR) is 51.0 cm³/mol. The Kier molecular flexibility index (Phi) is 2.15. The molecule has 6 heteroatoms. The molecule has 1 aromatic rings. The second-order valence-corrected chi connectivity index (χ2v) is 3.79. The van der Waals surface area contributed by atoms with Crippen molar-refractivity contribution in [3.63, 3.8) is 0 Å². The van der Waals surface area contributed by atoms with Crippen LogP contribution in [0.2, 0.25) is 0 Å².